The van der Waals surface area contributed by atoms with Crippen LogP contribution in [-0.2, 0) is 0 Å². The Labute approximate surface area is 328 Å². The van der Waals surface area contributed by atoms with Gasteiger partial charge < -0.3 is 21.3 Å². The number of non-ortho nitro benzene ring substituents is 2. The standard InChI is InChI=1S/C38H30N16O4/c55-53(56)31-19-15-29(16-20-31)43-35-45-33(41-27-7-3-1-4-8-27)47-37(49-35)51-39-23-25-11-13-26(14-12-25)24-40-52-38-48-34(42-28-9-5-2-6-10-28)46-36(50-38)44-30-17-21-32(22-18-30)54(57)58/h1-24H,(H3,41,43,45,47,49,51)(H3,42,44,46,48,50,52). The van der Waals surface area contributed by atoms with Crippen molar-refractivity contribution in [3.63, 3.8) is 0 Å². The summed E-state index contributed by atoms with van der Waals surface area (Å²) in [5, 5.41) is 43.0. The summed E-state index contributed by atoms with van der Waals surface area (Å²) >= 11 is 0. The zero-order valence-corrected chi connectivity index (χ0v) is 30.0. The number of aromatic nitrogens is 6. The van der Waals surface area contributed by atoms with Crippen LogP contribution >= 0.6 is 0 Å². The summed E-state index contributed by atoms with van der Waals surface area (Å²) < 4.78 is 0. The summed E-state index contributed by atoms with van der Waals surface area (Å²) in [7, 11) is 0. The molecule has 7 aromatic rings. The topological polar surface area (TPSA) is 261 Å². The molecule has 0 spiro atoms. The van der Waals surface area contributed by atoms with Crippen LogP contribution in [-0.4, -0.2) is 52.2 Å². The Kier molecular flexibility index (Phi) is 11.6. The zero-order chi connectivity index (χ0) is 40.1. The Bertz CT molecular complexity index is 2380. The van der Waals surface area contributed by atoms with Gasteiger partial charge in [0.25, 0.3) is 11.4 Å². The smallest absolute Gasteiger partial charge is 0.269 e. The normalized spacial score (nSPS) is 10.9. The second kappa shape index (κ2) is 17.9. The second-order valence-electron chi connectivity index (χ2n) is 11.9. The van der Waals surface area contributed by atoms with Crippen LogP contribution in [0.2, 0.25) is 0 Å². The second-order valence-corrected chi connectivity index (χ2v) is 11.9. The van der Waals surface area contributed by atoms with E-state index in [1.807, 2.05) is 84.9 Å². The Morgan fingerprint density at radius 1 is 0.397 bits per heavy atom. The summed E-state index contributed by atoms with van der Waals surface area (Å²) in [4.78, 5) is 47.6. The number of rotatable bonds is 16. The van der Waals surface area contributed by atoms with Gasteiger partial charge in [0, 0.05) is 47.0 Å². The minimum Gasteiger partial charge on any atom is -0.324 e. The molecule has 2 heterocycles. The van der Waals surface area contributed by atoms with Gasteiger partial charge in [-0.2, -0.15) is 40.1 Å². The molecule has 0 saturated heterocycles. The molecule has 0 amide bonds. The van der Waals surface area contributed by atoms with Crippen LogP contribution < -0.4 is 32.1 Å². The highest BCUT2D eigenvalue weighted by molar-refractivity contribution is 5.84. The highest BCUT2D eigenvalue weighted by Gasteiger charge is 2.11. The van der Waals surface area contributed by atoms with Gasteiger partial charge in [0.1, 0.15) is 0 Å². The van der Waals surface area contributed by atoms with Crippen LogP contribution in [0.5, 0.6) is 0 Å². The lowest BCUT2D eigenvalue weighted by Crippen LogP contribution is -2.07. The fraction of sp³-hybridized carbons (Fsp3) is 0. The van der Waals surface area contributed by atoms with E-state index in [-0.39, 0.29) is 47.1 Å². The number of hydrazone groups is 2. The van der Waals surface area contributed by atoms with Crippen molar-refractivity contribution in [2.75, 3.05) is 32.1 Å². The molecule has 0 fully saturated rings. The van der Waals surface area contributed by atoms with E-state index in [9.17, 15) is 20.2 Å². The zero-order valence-electron chi connectivity index (χ0n) is 30.0. The monoisotopic (exact) mass is 774 g/mol. The molecule has 6 N–H and O–H groups in total. The number of nitro groups is 2. The van der Waals surface area contributed by atoms with Crippen molar-refractivity contribution in [1.82, 2.24) is 29.9 Å². The maximum Gasteiger partial charge on any atom is 0.269 e. The van der Waals surface area contributed by atoms with Crippen LogP contribution in [0.4, 0.5) is 69.8 Å². The van der Waals surface area contributed by atoms with E-state index < -0.39 is 9.85 Å². The number of nitrogens with zero attached hydrogens (tertiary/aromatic N) is 10. The highest BCUT2D eigenvalue weighted by Crippen LogP contribution is 2.23. The number of anilines is 10. The maximum atomic E-state index is 11.1. The van der Waals surface area contributed by atoms with Crippen LogP contribution in [0.25, 0.3) is 0 Å². The molecule has 0 aliphatic heterocycles. The minimum atomic E-state index is -0.477. The SMILES string of the molecule is O=[N+]([O-])c1ccc(Nc2nc(NN=Cc3ccc(C=NNc4nc(Nc5ccccc5)nc(Nc5ccc([N+](=O)[O-])cc5)n4)cc3)nc(Nc3ccccc3)n2)cc1. The first-order chi connectivity index (χ1) is 28.3. The number of hydrogen-bond acceptors (Lipinski definition) is 18. The number of para-hydroxylation sites is 2. The molecule has 0 unspecified atom stereocenters. The third-order valence-electron chi connectivity index (χ3n) is 7.69. The Morgan fingerprint density at radius 3 is 1.00 bits per heavy atom. The average molecular weight is 775 g/mol. The molecule has 0 radical (unpaired) electrons. The lowest BCUT2D eigenvalue weighted by molar-refractivity contribution is -0.385. The average Bonchev–Trinajstić information content (AvgIpc) is 3.22. The molecule has 0 saturated carbocycles. The Balaban J connectivity index is 1.01. The van der Waals surface area contributed by atoms with Gasteiger partial charge in [-0.3, -0.25) is 20.2 Å². The third kappa shape index (κ3) is 10.6. The summed E-state index contributed by atoms with van der Waals surface area (Å²) in [6, 6.07) is 37.7. The maximum absolute atomic E-state index is 11.1. The minimum absolute atomic E-state index is 0.0433. The summed E-state index contributed by atoms with van der Waals surface area (Å²) in [5.41, 5.74) is 9.67. The van der Waals surface area contributed by atoms with Crippen molar-refractivity contribution >= 4 is 82.2 Å². The lowest BCUT2D eigenvalue weighted by atomic mass is 10.2. The van der Waals surface area contributed by atoms with Crippen LogP contribution in [0.1, 0.15) is 11.1 Å². The lowest BCUT2D eigenvalue weighted by Gasteiger charge is -2.10. The summed E-state index contributed by atoms with van der Waals surface area (Å²) in [6.07, 6.45) is 3.17. The van der Waals surface area contributed by atoms with Gasteiger partial charge in [-0.25, -0.2) is 10.9 Å². The molecule has 58 heavy (non-hydrogen) atoms. The van der Waals surface area contributed by atoms with E-state index in [1.165, 1.54) is 24.3 Å². The van der Waals surface area contributed by atoms with Gasteiger partial charge in [-0.05, 0) is 59.7 Å². The Hall–Kier alpha value is -8.94. The molecule has 286 valence electrons. The van der Waals surface area contributed by atoms with E-state index >= 15 is 0 Å². The van der Waals surface area contributed by atoms with E-state index in [4.69, 9.17) is 0 Å². The fourth-order valence-corrected chi connectivity index (χ4v) is 4.97. The quantitative estimate of drug-likeness (QED) is 0.0311. The van der Waals surface area contributed by atoms with Crippen LogP contribution in [0.15, 0.2) is 144 Å². The van der Waals surface area contributed by atoms with Crippen LogP contribution in [0, 0.1) is 20.2 Å². The molecule has 7 rings (SSSR count). The van der Waals surface area contributed by atoms with Crippen molar-refractivity contribution in [3.8, 4) is 0 Å². The van der Waals surface area contributed by atoms with Crippen molar-refractivity contribution in [1.29, 1.82) is 0 Å². The number of benzene rings is 5. The molecule has 0 bridgehead atoms. The van der Waals surface area contributed by atoms with E-state index in [1.54, 1.807) is 36.7 Å². The summed E-state index contributed by atoms with van der Waals surface area (Å²) in [5.74, 6) is 1.09. The molecular formula is C38H30N16O4. The van der Waals surface area contributed by atoms with Gasteiger partial charge in [-0.1, -0.05) is 60.7 Å². The molecule has 20 heteroatoms. The molecule has 0 aliphatic carbocycles. The van der Waals surface area contributed by atoms with Gasteiger partial charge in [0.05, 0.1) is 22.3 Å². The largest absolute Gasteiger partial charge is 0.324 e. The first-order valence-corrected chi connectivity index (χ1v) is 17.2. The number of nitro benzene ring substituents is 2. The van der Waals surface area contributed by atoms with Gasteiger partial charge in [-0.15, -0.1) is 0 Å². The molecule has 5 aromatic carbocycles. The summed E-state index contributed by atoms with van der Waals surface area (Å²) in [6.45, 7) is 0. The van der Waals surface area contributed by atoms with E-state index in [0.29, 0.717) is 11.4 Å². The van der Waals surface area contributed by atoms with Crippen LogP contribution in [0.3, 0.4) is 0 Å². The van der Waals surface area contributed by atoms with E-state index in [0.717, 1.165) is 22.5 Å². The van der Waals surface area contributed by atoms with Gasteiger partial charge in [0.15, 0.2) is 0 Å². The van der Waals surface area contributed by atoms with Gasteiger partial charge >= 0.3 is 0 Å². The first-order valence-electron chi connectivity index (χ1n) is 17.2. The predicted molar refractivity (Wildman–Crippen MR) is 221 cm³/mol. The predicted octanol–water partition coefficient (Wildman–Crippen LogP) is 7.74. The number of hydrogen-bond donors (Lipinski definition) is 6. The first kappa shape index (κ1) is 37.4. The van der Waals surface area contributed by atoms with Crippen molar-refractivity contribution in [2.24, 2.45) is 10.2 Å². The van der Waals surface area contributed by atoms with Crippen molar-refractivity contribution in [3.05, 3.63) is 165 Å². The van der Waals surface area contributed by atoms with Gasteiger partial charge in [0.2, 0.25) is 35.7 Å². The molecule has 0 atom stereocenters. The molecular weight excluding hydrogens is 745 g/mol. The molecule has 2 aromatic heterocycles. The molecule has 0 aliphatic rings. The fourth-order valence-electron chi connectivity index (χ4n) is 4.97. The Morgan fingerprint density at radius 2 is 0.690 bits per heavy atom. The van der Waals surface area contributed by atoms with Crippen molar-refractivity contribution in [2.45, 2.75) is 0 Å². The van der Waals surface area contributed by atoms with E-state index in [2.05, 4.69) is 72.2 Å². The highest BCUT2D eigenvalue weighted by atomic mass is 16.6. The van der Waals surface area contributed by atoms with Crippen molar-refractivity contribution < 1.29 is 9.85 Å². The third-order valence-corrected chi connectivity index (χ3v) is 7.69. The number of nitrogens with one attached hydrogen (secondary N) is 6. The molecule has 20 nitrogen and oxygen atoms in total.